The number of nitrogens with zero attached hydrogens (tertiary/aromatic N) is 1. The topological polar surface area (TPSA) is 49.4 Å². The van der Waals surface area contributed by atoms with E-state index in [1.807, 2.05) is 50.2 Å². The summed E-state index contributed by atoms with van der Waals surface area (Å²) >= 11 is 0. The van der Waals surface area contributed by atoms with Crippen molar-refractivity contribution in [1.29, 1.82) is 0 Å². The highest BCUT2D eigenvalue weighted by molar-refractivity contribution is 5.99. The Balaban J connectivity index is 2.29. The standard InChI is InChI=1S/C14H18N2O2/c1-14(8-12(17)15-13(18)9-14)10-4-6-11(7-5-10)16(2)3/h4-7H,8-9H2,1-3H3,(H,15,17,18). The number of hydrogen-bond acceptors (Lipinski definition) is 3. The van der Waals surface area contributed by atoms with Gasteiger partial charge in [0.25, 0.3) is 0 Å². The molecule has 0 unspecified atom stereocenters. The molecule has 0 radical (unpaired) electrons. The van der Waals surface area contributed by atoms with E-state index in [0.29, 0.717) is 12.8 Å². The summed E-state index contributed by atoms with van der Waals surface area (Å²) in [5, 5.41) is 2.35. The Kier molecular flexibility index (Phi) is 3.11. The number of nitrogens with one attached hydrogen (secondary N) is 1. The Labute approximate surface area is 107 Å². The number of hydrogen-bond donors (Lipinski definition) is 1. The second kappa shape index (κ2) is 4.44. The minimum Gasteiger partial charge on any atom is -0.378 e. The Bertz CT molecular complexity index is 461. The first-order valence-corrected chi connectivity index (χ1v) is 6.01. The van der Waals surface area contributed by atoms with Crippen molar-refractivity contribution in [3.8, 4) is 0 Å². The Morgan fingerprint density at radius 3 is 2.00 bits per heavy atom. The van der Waals surface area contributed by atoms with E-state index in [0.717, 1.165) is 11.3 Å². The van der Waals surface area contributed by atoms with E-state index in [1.165, 1.54) is 0 Å². The van der Waals surface area contributed by atoms with Gasteiger partial charge >= 0.3 is 0 Å². The van der Waals surface area contributed by atoms with E-state index >= 15 is 0 Å². The van der Waals surface area contributed by atoms with Crippen molar-refractivity contribution in [2.24, 2.45) is 0 Å². The molecule has 1 fully saturated rings. The molecule has 0 aliphatic carbocycles. The lowest BCUT2D eigenvalue weighted by molar-refractivity contribution is -0.135. The molecule has 1 aliphatic rings. The van der Waals surface area contributed by atoms with E-state index in [2.05, 4.69) is 5.32 Å². The summed E-state index contributed by atoms with van der Waals surface area (Å²) in [5.74, 6) is -0.379. The SMILES string of the molecule is CN(C)c1ccc(C2(C)CC(=O)NC(=O)C2)cc1. The molecule has 18 heavy (non-hydrogen) atoms. The van der Waals surface area contributed by atoms with Gasteiger partial charge in [0.1, 0.15) is 0 Å². The average molecular weight is 246 g/mol. The molecule has 1 saturated heterocycles. The highest BCUT2D eigenvalue weighted by Crippen LogP contribution is 2.34. The van der Waals surface area contributed by atoms with Gasteiger partial charge in [0.05, 0.1) is 0 Å². The van der Waals surface area contributed by atoms with Crippen LogP contribution in [0, 0.1) is 0 Å². The van der Waals surface area contributed by atoms with E-state index in [-0.39, 0.29) is 17.2 Å². The van der Waals surface area contributed by atoms with Crippen LogP contribution in [-0.4, -0.2) is 25.9 Å². The Hall–Kier alpha value is -1.84. The average Bonchev–Trinajstić information content (AvgIpc) is 2.27. The van der Waals surface area contributed by atoms with Crippen LogP contribution in [0.25, 0.3) is 0 Å². The van der Waals surface area contributed by atoms with Crippen molar-refractivity contribution in [3.05, 3.63) is 29.8 Å². The maximum atomic E-state index is 11.5. The summed E-state index contributed by atoms with van der Waals surface area (Å²) in [6.07, 6.45) is 0.722. The molecule has 1 heterocycles. The zero-order chi connectivity index (χ0) is 13.3. The smallest absolute Gasteiger partial charge is 0.227 e. The number of amides is 2. The van der Waals surface area contributed by atoms with Gasteiger partial charge in [-0.15, -0.1) is 0 Å². The van der Waals surface area contributed by atoms with Crippen LogP contribution in [0.2, 0.25) is 0 Å². The normalized spacial score (nSPS) is 18.4. The largest absolute Gasteiger partial charge is 0.378 e. The third-order valence-corrected chi connectivity index (χ3v) is 3.46. The number of piperidine rings is 1. The minimum atomic E-state index is -0.385. The first kappa shape index (κ1) is 12.6. The summed E-state index contributed by atoms with van der Waals surface area (Å²) in [6.45, 7) is 1.97. The van der Waals surface area contributed by atoms with Crippen molar-refractivity contribution in [1.82, 2.24) is 5.32 Å². The molecule has 0 aromatic heterocycles. The van der Waals surface area contributed by atoms with Gasteiger partial charge in [0.2, 0.25) is 11.8 Å². The van der Waals surface area contributed by atoms with Crippen LogP contribution in [0.4, 0.5) is 5.69 Å². The lowest BCUT2D eigenvalue weighted by atomic mass is 9.74. The van der Waals surface area contributed by atoms with Crippen LogP contribution in [0.5, 0.6) is 0 Å². The molecule has 4 heteroatoms. The van der Waals surface area contributed by atoms with Gasteiger partial charge in [-0.25, -0.2) is 0 Å². The number of rotatable bonds is 2. The van der Waals surface area contributed by atoms with Gasteiger partial charge in [-0.1, -0.05) is 19.1 Å². The summed E-state index contributed by atoms with van der Waals surface area (Å²) in [7, 11) is 3.96. The van der Waals surface area contributed by atoms with Crippen molar-refractivity contribution < 1.29 is 9.59 Å². The minimum absolute atomic E-state index is 0.189. The zero-order valence-electron chi connectivity index (χ0n) is 11.0. The molecule has 1 N–H and O–H groups in total. The Morgan fingerprint density at radius 1 is 1.06 bits per heavy atom. The molecule has 0 atom stereocenters. The fraction of sp³-hybridized carbons (Fsp3) is 0.429. The van der Waals surface area contributed by atoms with Crippen molar-refractivity contribution in [2.75, 3.05) is 19.0 Å². The molecule has 96 valence electrons. The van der Waals surface area contributed by atoms with Crippen LogP contribution >= 0.6 is 0 Å². The van der Waals surface area contributed by atoms with E-state index in [9.17, 15) is 9.59 Å². The molecule has 2 amide bonds. The fourth-order valence-corrected chi connectivity index (χ4v) is 2.38. The maximum absolute atomic E-state index is 11.5. The third-order valence-electron chi connectivity index (χ3n) is 3.46. The van der Waals surface area contributed by atoms with Crippen LogP contribution < -0.4 is 10.2 Å². The quantitative estimate of drug-likeness (QED) is 0.803. The molecule has 0 saturated carbocycles. The molecule has 0 spiro atoms. The van der Waals surface area contributed by atoms with Crippen molar-refractivity contribution in [2.45, 2.75) is 25.2 Å². The lowest BCUT2D eigenvalue weighted by Crippen LogP contribution is -2.45. The lowest BCUT2D eigenvalue weighted by Gasteiger charge is -2.32. The van der Waals surface area contributed by atoms with Crippen LogP contribution in [-0.2, 0) is 15.0 Å². The molecule has 1 aromatic rings. The summed E-state index contributed by atoms with van der Waals surface area (Å²) in [4.78, 5) is 25.0. The zero-order valence-corrected chi connectivity index (χ0v) is 11.0. The van der Waals surface area contributed by atoms with Gasteiger partial charge in [0, 0.05) is 38.0 Å². The molecule has 2 rings (SSSR count). The molecular weight excluding hydrogens is 228 g/mol. The number of anilines is 1. The number of benzene rings is 1. The van der Waals surface area contributed by atoms with Crippen molar-refractivity contribution >= 4 is 17.5 Å². The summed E-state index contributed by atoms with van der Waals surface area (Å²) in [6, 6.07) is 8.03. The second-order valence-electron chi connectivity index (χ2n) is 5.33. The van der Waals surface area contributed by atoms with Crippen LogP contribution in [0.3, 0.4) is 0 Å². The third kappa shape index (κ3) is 2.37. The van der Waals surface area contributed by atoms with Crippen LogP contribution in [0.1, 0.15) is 25.3 Å². The maximum Gasteiger partial charge on any atom is 0.227 e. The van der Waals surface area contributed by atoms with E-state index < -0.39 is 0 Å². The highest BCUT2D eigenvalue weighted by atomic mass is 16.2. The van der Waals surface area contributed by atoms with Gasteiger partial charge < -0.3 is 4.90 Å². The first-order chi connectivity index (χ1) is 8.40. The van der Waals surface area contributed by atoms with Gasteiger partial charge in [-0.3, -0.25) is 14.9 Å². The van der Waals surface area contributed by atoms with Gasteiger partial charge in [-0.05, 0) is 17.7 Å². The van der Waals surface area contributed by atoms with E-state index in [4.69, 9.17) is 0 Å². The predicted octanol–water partition coefficient (Wildman–Crippen LogP) is 1.45. The van der Waals surface area contributed by atoms with Crippen LogP contribution in [0.15, 0.2) is 24.3 Å². The van der Waals surface area contributed by atoms with Crippen molar-refractivity contribution in [3.63, 3.8) is 0 Å². The fourth-order valence-electron chi connectivity index (χ4n) is 2.38. The second-order valence-corrected chi connectivity index (χ2v) is 5.33. The number of carbonyl (C=O) groups excluding carboxylic acids is 2. The summed E-state index contributed by atoms with van der Waals surface area (Å²) in [5.41, 5.74) is 1.76. The monoisotopic (exact) mass is 246 g/mol. The summed E-state index contributed by atoms with van der Waals surface area (Å²) < 4.78 is 0. The molecule has 4 nitrogen and oxygen atoms in total. The highest BCUT2D eigenvalue weighted by Gasteiger charge is 2.36. The number of carbonyl (C=O) groups is 2. The van der Waals surface area contributed by atoms with Gasteiger partial charge in [0.15, 0.2) is 0 Å². The molecular formula is C14H18N2O2. The molecule has 1 aromatic carbocycles. The molecule has 0 bridgehead atoms. The predicted molar refractivity (Wildman–Crippen MR) is 70.5 cm³/mol. The molecule has 1 aliphatic heterocycles. The first-order valence-electron chi connectivity index (χ1n) is 6.01. The van der Waals surface area contributed by atoms with Gasteiger partial charge in [-0.2, -0.15) is 0 Å². The Morgan fingerprint density at radius 2 is 1.56 bits per heavy atom. The number of imide groups is 1. The van der Waals surface area contributed by atoms with E-state index in [1.54, 1.807) is 0 Å².